The summed E-state index contributed by atoms with van der Waals surface area (Å²) in [5, 5.41) is 8.67. The molecule has 0 saturated carbocycles. The number of ether oxygens (including phenoxy) is 1. The Morgan fingerprint density at radius 3 is 2.67 bits per heavy atom. The van der Waals surface area contributed by atoms with Gasteiger partial charge in [0.1, 0.15) is 0 Å². The fourth-order valence-electron chi connectivity index (χ4n) is 2.26. The van der Waals surface area contributed by atoms with Gasteiger partial charge in [0.15, 0.2) is 0 Å². The van der Waals surface area contributed by atoms with Gasteiger partial charge in [0.05, 0.1) is 18.7 Å². The average molecular weight is 253 g/mol. The Morgan fingerprint density at radius 1 is 1.44 bits per heavy atom. The quantitative estimate of drug-likeness (QED) is 0.675. The third kappa shape index (κ3) is 4.28. The van der Waals surface area contributed by atoms with Crippen LogP contribution < -0.4 is 0 Å². The van der Waals surface area contributed by atoms with Crippen molar-refractivity contribution < 1.29 is 9.53 Å². The first kappa shape index (κ1) is 14.9. The fourth-order valence-corrected chi connectivity index (χ4v) is 2.26. The number of nitrogens with zero attached hydrogens (tertiary/aromatic N) is 3. The normalized spacial score (nSPS) is 16.9. The first-order chi connectivity index (χ1) is 8.70. The standard InChI is InChI=1S/C13H23N3O2/c1-12(13(17)16-7-3-4-8-16)15(9-5-6-14)10-11-18-2/h12H,3-5,7-11H2,1-2H3. The Hall–Kier alpha value is -1.12. The van der Waals surface area contributed by atoms with Crippen LogP contribution in [-0.2, 0) is 9.53 Å². The van der Waals surface area contributed by atoms with Gasteiger partial charge in [-0.3, -0.25) is 9.69 Å². The minimum atomic E-state index is -0.161. The summed E-state index contributed by atoms with van der Waals surface area (Å²) in [6, 6.07) is 1.97. The smallest absolute Gasteiger partial charge is 0.239 e. The van der Waals surface area contributed by atoms with E-state index in [0.29, 0.717) is 26.1 Å². The Morgan fingerprint density at radius 2 is 2.11 bits per heavy atom. The molecule has 0 radical (unpaired) electrons. The Labute approximate surface area is 109 Å². The molecule has 1 unspecified atom stereocenters. The van der Waals surface area contributed by atoms with Gasteiger partial charge in [0, 0.05) is 39.7 Å². The van der Waals surface area contributed by atoms with Crippen LogP contribution in [0.5, 0.6) is 0 Å². The number of hydrogen-bond donors (Lipinski definition) is 0. The zero-order valence-electron chi connectivity index (χ0n) is 11.4. The van der Waals surface area contributed by atoms with Crippen molar-refractivity contribution in [2.24, 2.45) is 0 Å². The topological polar surface area (TPSA) is 56.6 Å². The summed E-state index contributed by atoms with van der Waals surface area (Å²) < 4.78 is 5.06. The van der Waals surface area contributed by atoms with E-state index in [1.807, 2.05) is 16.7 Å². The van der Waals surface area contributed by atoms with E-state index in [0.717, 1.165) is 25.9 Å². The van der Waals surface area contributed by atoms with Crippen molar-refractivity contribution in [1.82, 2.24) is 9.80 Å². The highest BCUT2D eigenvalue weighted by atomic mass is 16.5. The SMILES string of the molecule is COCCN(CCC#N)C(C)C(=O)N1CCCC1. The van der Waals surface area contributed by atoms with E-state index in [1.165, 1.54) is 0 Å². The fraction of sp³-hybridized carbons (Fsp3) is 0.846. The van der Waals surface area contributed by atoms with Crippen LogP contribution in [0.1, 0.15) is 26.2 Å². The van der Waals surface area contributed by atoms with Crippen molar-refractivity contribution in [3.63, 3.8) is 0 Å². The first-order valence-electron chi connectivity index (χ1n) is 6.59. The molecule has 5 heteroatoms. The molecule has 1 saturated heterocycles. The van der Waals surface area contributed by atoms with Crippen LogP contribution >= 0.6 is 0 Å². The van der Waals surface area contributed by atoms with Gasteiger partial charge in [-0.2, -0.15) is 5.26 Å². The van der Waals surface area contributed by atoms with E-state index in [1.54, 1.807) is 7.11 Å². The van der Waals surface area contributed by atoms with Crippen LogP contribution in [0.15, 0.2) is 0 Å². The highest BCUT2D eigenvalue weighted by Gasteiger charge is 2.27. The lowest BCUT2D eigenvalue weighted by Gasteiger charge is -2.30. The van der Waals surface area contributed by atoms with Crippen LogP contribution in [-0.4, -0.2) is 61.6 Å². The molecule has 1 heterocycles. The van der Waals surface area contributed by atoms with Crippen LogP contribution in [0, 0.1) is 11.3 Å². The van der Waals surface area contributed by atoms with E-state index in [2.05, 4.69) is 6.07 Å². The monoisotopic (exact) mass is 253 g/mol. The second-order valence-electron chi connectivity index (χ2n) is 4.65. The maximum absolute atomic E-state index is 12.3. The van der Waals surface area contributed by atoms with Crippen molar-refractivity contribution in [3.8, 4) is 6.07 Å². The molecular weight excluding hydrogens is 230 g/mol. The molecule has 0 N–H and O–H groups in total. The molecule has 1 rings (SSSR count). The lowest BCUT2D eigenvalue weighted by Crippen LogP contribution is -2.47. The second kappa shape index (κ2) is 8.06. The number of rotatable bonds is 7. The summed E-state index contributed by atoms with van der Waals surface area (Å²) >= 11 is 0. The van der Waals surface area contributed by atoms with Crippen LogP contribution in [0.25, 0.3) is 0 Å². The van der Waals surface area contributed by atoms with E-state index >= 15 is 0 Å². The van der Waals surface area contributed by atoms with Gasteiger partial charge in [-0.15, -0.1) is 0 Å². The zero-order valence-corrected chi connectivity index (χ0v) is 11.4. The molecule has 0 aliphatic carbocycles. The van der Waals surface area contributed by atoms with Gasteiger partial charge >= 0.3 is 0 Å². The maximum atomic E-state index is 12.3. The lowest BCUT2D eigenvalue weighted by atomic mass is 10.2. The Bertz CT molecular complexity index is 295. The molecule has 5 nitrogen and oxygen atoms in total. The highest BCUT2D eigenvalue weighted by molar-refractivity contribution is 5.81. The van der Waals surface area contributed by atoms with Crippen molar-refractivity contribution in [3.05, 3.63) is 0 Å². The minimum Gasteiger partial charge on any atom is -0.383 e. The van der Waals surface area contributed by atoms with Crippen LogP contribution in [0.3, 0.4) is 0 Å². The van der Waals surface area contributed by atoms with Gasteiger partial charge in [-0.1, -0.05) is 0 Å². The number of likely N-dealkylation sites (tertiary alicyclic amines) is 1. The minimum absolute atomic E-state index is 0.161. The second-order valence-corrected chi connectivity index (χ2v) is 4.65. The molecule has 1 amide bonds. The van der Waals surface area contributed by atoms with Crippen molar-refractivity contribution in [1.29, 1.82) is 5.26 Å². The Kier molecular flexibility index (Phi) is 6.69. The van der Waals surface area contributed by atoms with Gasteiger partial charge in [0.2, 0.25) is 5.91 Å². The van der Waals surface area contributed by atoms with Crippen molar-refractivity contribution in [2.75, 3.05) is 39.9 Å². The molecule has 1 aliphatic heterocycles. The maximum Gasteiger partial charge on any atom is 0.239 e. The van der Waals surface area contributed by atoms with Gasteiger partial charge in [-0.05, 0) is 19.8 Å². The largest absolute Gasteiger partial charge is 0.383 e. The molecule has 102 valence electrons. The molecule has 1 atom stereocenters. The number of carbonyl (C=O) groups is 1. The third-order valence-corrected chi connectivity index (χ3v) is 3.42. The first-order valence-corrected chi connectivity index (χ1v) is 6.59. The molecule has 18 heavy (non-hydrogen) atoms. The third-order valence-electron chi connectivity index (χ3n) is 3.42. The van der Waals surface area contributed by atoms with E-state index in [4.69, 9.17) is 10.00 Å². The molecule has 0 aromatic rings. The summed E-state index contributed by atoms with van der Waals surface area (Å²) in [5.74, 6) is 0.182. The molecule has 0 spiro atoms. The number of methoxy groups -OCH3 is 1. The van der Waals surface area contributed by atoms with E-state index in [-0.39, 0.29) is 11.9 Å². The van der Waals surface area contributed by atoms with Gasteiger partial charge in [0.25, 0.3) is 0 Å². The molecule has 0 aromatic carbocycles. The van der Waals surface area contributed by atoms with Crippen LogP contribution in [0.2, 0.25) is 0 Å². The van der Waals surface area contributed by atoms with E-state index in [9.17, 15) is 4.79 Å². The molecule has 1 fully saturated rings. The summed E-state index contributed by atoms with van der Waals surface area (Å²) in [6.07, 6.45) is 2.66. The van der Waals surface area contributed by atoms with Crippen molar-refractivity contribution >= 4 is 5.91 Å². The predicted octanol–water partition coefficient (Wildman–Crippen LogP) is 0.859. The zero-order chi connectivity index (χ0) is 13.4. The molecular formula is C13H23N3O2. The summed E-state index contributed by atoms with van der Waals surface area (Å²) in [5.41, 5.74) is 0. The van der Waals surface area contributed by atoms with Gasteiger partial charge in [-0.25, -0.2) is 0 Å². The van der Waals surface area contributed by atoms with E-state index < -0.39 is 0 Å². The number of carbonyl (C=O) groups excluding carboxylic acids is 1. The Balaban J connectivity index is 2.52. The van der Waals surface area contributed by atoms with Crippen LogP contribution in [0.4, 0.5) is 0 Å². The molecule has 0 bridgehead atoms. The highest BCUT2D eigenvalue weighted by Crippen LogP contribution is 2.12. The number of amides is 1. The lowest BCUT2D eigenvalue weighted by molar-refractivity contribution is -0.135. The predicted molar refractivity (Wildman–Crippen MR) is 69.0 cm³/mol. The number of hydrogen-bond acceptors (Lipinski definition) is 4. The molecule has 0 aromatic heterocycles. The average Bonchev–Trinajstić information content (AvgIpc) is 2.91. The summed E-state index contributed by atoms with van der Waals surface area (Å²) in [7, 11) is 1.65. The number of nitriles is 1. The van der Waals surface area contributed by atoms with Crippen molar-refractivity contribution in [2.45, 2.75) is 32.2 Å². The van der Waals surface area contributed by atoms with Gasteiger partial charge < -0.3 is 9.64 Å². The molecule has 1 aliphatic rings. The summed E-state index contributed by atoms with van der Waals surface area (Å²) in [4.78, 5) is 16.2. The summed E-state index contributed by atoms with van der Waals surface area (Å²) in [6.45, 7) is 5.58.